The van der Waals surface area contributed by atoms with Crippen molar-refractivity contribution in [1.29, 1.82) is 0 Å². The third kappa shape index (κ3) is 3.85. The van der Waals surface area contributed by atoms with Gasteiger partial charge in [-0.1, -0.05) is 31.4 Å². The molecule has 1 saturated carbocycles. The van der Waals surface area contributed by atoms with Crippen LogP contribution in [0.5, 0.6) is 0 Å². The van der Waals surface area contributed by atoms with E-state index in [1.54, 1.807) is 12.3 Å². The van der Waals surface area contributed by atoms with E-state index in [4.69, 9.17) is 0 Å². The molecule has 0 bridgehead atoms. The van der Waals surface area contributed by atoms with E-state index >= 15 is 0 Å². The number of hydrogen-bond donors (Lipinski definition) is 1. The fourth-order valence-electron chi connectivity index (χ4n) is 3.82. The molecule has 1 aliphatic rings. The van der Waals surface area contributed by atoms with Gasteiger partial charge in [-0.3, -0.25) is 4.79 Å². The summed E-state index contributed by atoms with van der Waals surface area (Å²) in [5, 5.41) is 6.81. The van der Waals surface area contributed by atoms with Gasteiger partial charge >= 0.3 is 5.69 Å². The van der Waals surface area contributed by atoms with Crippen molar-refractivity contribution < 1.29 is 9.18 Å². The highest BCUT2D eigenvalue weighted by molar-refractivity contribution is 5.90. The van der Waals surface area contributed by atoms with Crippen LogP contribution in [-0.2, 0) is 11.3 Å². The van der Waals surface area contributed by atoms with Gasteiger partial charge < -0.3 is 10.2 Å². The number of para-hydroxylation sites is 1. The molecule has 1 fully saturated rings. The number of carbonyl (C=O) groups is 1. The van der Waals surface area contributed by atoms with E-state index in [2.05, 4.69) is 20.3 Å². The molecule has 1 aliphatic carbocycles. The summed E-state index contributed by atoms with van der Waals surface area (Å²) < 4.78 is 16.2. The van der Waals surface area contributed by atoms with Gasteiger partial charge in [0.1, 0.15) is 12.4 Å². The second-order valence-corrected chi connectivity index (χ2v) is 7.32. The smallest absolute Gasteiger partial charge is 0.350 e. The number of benzene rings is 1. The molecule has 0 saturated heterocycles. The first kappa shape index (κ1) is 19.1. The highest BCUT2D eigenvalue weighted by Gasteiger charge is 2.23. The summed E-state index contributed by atoms with van der Waals surface area (Å²) in [6.45, 7) is -0.318. The predicted octanol–water partition coefficient (Wildman–Crippen LogP) is 2.44. The zero-order valence-corrected chi connectivity index (χ0v) is 16.2. The first-order valence-corrected chi connectivity index (χ1v) is 9.76. The number of anilines is 2. The quantitative estimate of drug-likeness (QED) is 0.714. The lowest BCUT2D eigenvalue weighted by Crippen LogP contribution is -2.34. The first-order chi connectivity index (χ1) is 14.0. The Hall–Kier alpha value is -3.23. The van der Waals surface area contributed by atoms with Crippen molar-refractivity contribution in [3.8, 4) is 0 Å². The largest absolute Gasteiger partial charge is 0.354 e. The van der Waals surface area contributed by atoms with Crippen LogP contribution in [0.2, 0.25) is 0 Å². The van der Waals surface area contributed by atoms with Crippen molar-refractivity contribution in [2.45, 2.75) is 44.7 Å². The van der Waals surface area contributed by atoms with Gasteiger partial charge in [0.2, 0.25) is 11.6 Å². The van der Waals surface area contributed by atoms with E-state index < -0.39 is 17.4 Å². The zero-order chi connectivity index (χ0) is 20.4. The topological polar surface area (TPSA) is 84.5 Å². The minimum atomic E-state index is -0.538. The van der Waals surface area contributed by atoms with E-state index in [9.17, 15) is 14.0 Å². The lowest BCUT2D eigenvalue weighted by molar-refractivity contribution is -0.117. The maximum atomic E-state index is 13.7. The number of amides is 1. The molecule has 2 aromatic heterocycles. The molecule has 1 amide bonds. The number of nitrogens with one attached hydrogen (secondary N) is 1. The monoisotopic (exact) mass is 398 g/mol. The molecule has 2 heterocycles. The Morgan fingerprint density at radius 2 is 2.03 bits per heavy atom. The SMILES string of the molecule is CN(c1nccn2c(=O)n(CC(=O)Nc3ccccc3F)nc12)C1CCCCC1. The Labute approximate surface area is 167 Å². The number of halogens is 1. The summed E-state index contributed by atoms with van der Waals surface area (Å²) in [4.78, 5) is 31.5. The van der Waals surface area contributed by atoms with E-state index in [1.807, 2.05) is 7.05 Å². The van der Waals surface area contributed by atoms with Crippen LogP contribution < -0.4 is 15.9 Å². The van der Waals surface area contributed by atoms with Crippen LogP contribution in [0, 0.1) is 5.82 Å². The summed E-state index contributed by atoms with van der Waals surface area (Å²) in [5.41, 5.74) is 0.0299. The molecule has 9 heteroatoms. The third-order valence-electron chi connectivity index (χ3n) is 5.38. The fraction of sp³-hybridized carbons (Fsp3) is 0.400. The van der Waals surface area contributed by atoms with Gasteiger partial charge in [0.15, 0.2) is 5.82 Å². The van der Waals surface area contributed by atoms with Crippen LogP contribution in [-0.4, -0.2) is 38.2 Å². The Balaban J connectivity index is 1.59. The van der Waals surface area contributed by atoms with Crippen molar-refractivity contribution >= 4 is 23.1 Å². The number of nitrogens with zero attached hydrogens (tertiary/aromatic N) is 5. The average Bonchev–Trinajstić information content (AvgIpc) is 3.05. The normalized spacial score (nSPS) is 14.8. The maximum Gasteiger partial charge on any atom is 0.350 e. The van der Waals surface area contributed by atoms with Crippen LogP contribution >= 0.6 is 0 Å². The van der Waals surface area contributed by atoms with E-state index in [1.165, 1.54) is 48.1 Å². The summed E-state index contributed by atoms with van der Waals surface area (Å²) >= 11 is 0. The van der Waals surface area contributed by atoms with Crippen LogP contribution in [0.1, 0.15) is 32.1 Å². The molecule has 4 rings (SSSR count). The van der Waals surface area contributed by atoms with Crippen LogP contribution in [0.15, 0.2) is 41.5 Å². The molecule has 1 N–H and O–H groups in total. The minimum Gasteiger partial charge on any atom is -0.354 e. The molecule has 0 atom stereocenters. The Morgan fingerprint density at radius 3 is 2.79 bits per heavy atom. The standard InChI is InChI=1S/C20H23FN6O2/c1-25(14-7-3-2-4-8-14)18-19-24-27(20(29)26(19)12-11-22-18)13-17(28)23-16-10-6-5-9-15(16)21/h5-6,9-12,14H,2-4,7-8,13H2,1H3,(H,23,28). The van der Waals surface area contributed by atoms with Gasteiger partial charge in [-0.15, -0.1) is 5.10 Å². The number of rotatable bonds is 5. The van der Waals surface area contributed by atoms with Gasteiger partial charge in [-0.2, -0.15) is 0 Å². The third-order valence-corrected chi connectivity index (χ3v) is 5.38. The van der Waals surface area contributed by atoms with Crippen molar-refractivity contribution in [3.05, 3.63) is 53.0 Å². The van der Waals surface area contributed by atoms with Crippen molar-refractivity contribution in [3.63, 3.8) is 0 Å². The maximum absolute atomic E-state index is 13.7. The highest BCUT2D eigenvalue weighted by atomic mass is 19.1. The predicted molar refractivity (Wildman–Crippen MR) is 108 cm³/mol. The molecular weight excluding hydrogens is 375 g/mol. The zero-order valence-electron chi connectivity index (χ0n) is 16.2. The molecule has 29 heavy (non-hydrogen) atoms. The van der Waals surface area contributed by atoms with Crippen LogP contribution in [0.3, 0.4) is 0 Å². The van der Waals surface area contributed by atoms with Gasteiger partial charge in [0.25, 0.3) is 0 Å². The van der Waals surface area contributed by atoms with Gasteiger partial charge in [-0.25, -0.2) is 23.3 Å². The molecule has 0 aliphatic heterocycles. The molecule has 152 valence electrons. The molecular formula is C20H23FN6O2. The van der Waals surface area contributed by atoms with Crippen molar-refractivity contribution in [1.82, 2.24) is 19.2 Å². The summed E-state index contributed by atoms with van der Waals surface area (Å²) in [6.07, 6.45) is 8.85. The van der Waals surface area contributed by atoms with Gasteiger partial charge in [0, 0.05) is 25.5 Å². The molecule has 3 aromatic rings. The van der Waals surface area contributed by atoms with Crippen LogP contribution in [0.4, 0.5) is 15.9 Å². The number of hydrogen-bond acceptors (Lipinski definition) is 5. The lowest BCUT2D eigenvalue weighted by atomic mass is 9.94. The van der Waals surface area contributed by atoms with Crippen molar-refractivity contribution in [2.24, 2.45) is 0 Å². The van der Waals surface area contributed by atoms with Gasteiger partial charge in [-0.05, 0) is 25.0 Å². The second-order valence-electron chi connectivity index (χ2n) is 7.32. The van der Waals surface area contributed by atoms with Crippen LogP contribution in [0.25, 0.3) is 5.65 Å². The lowest BCUT2D eigenvalue weighted by Gasteiger charge is -2.31. The summed E-state index contributed by atoms with van der Waals surface area (Å²) in [6, 6.07) is 6.23. The number of aromatic nitrogens is 4. The average molecular weight is 398 g/mol. The second kappa shape index (κ2) is 8.02. The molecule has 0 unspecified atom stereocenters. The Kier molecular flexibility index (Phi) is 5.28. The Morgan fingerprint density at radius 1 is 1.28 bits per heavy atom. The molecule has 0 spiro atoms. The minimum absolute atomic E-state index is 0.0636. The number of fused-ring (bicyclic) bond motifs is 1. The van der Waals surface area contributed by atoms with Crippen molar-refractivity contribution in [2.75, 3.05) is 17.3 Å². The fourth-order valence-corrected chi connectivity index (χ4v) is 3.82. The highest BCUT2D eigenvalue weighted by Crippen LogP contribution is 2.26. The summed E-state index contributed by atoms with van der Waals surface area (Å²) in [5.74, 6) is -0.454. The van der Waals surface area contributed by atoms with Gasteiger partial charge in [0.05, 0.1) is 5.69 Å². The first-order valence-electron chi connectivity index (χ1n) is 9.76. The summed E-state index contributed by atoms with van der Waals surface area (Å²) in [7, 11) is 1.96. The van der Waals surface area contributed by atoms with E-state index in [0.29, 0.717) is 17.5 Å². The number of carbonyl (C=O) groups excluding carboxylic acids is 1. The molecule has 8 nitrogen and oxygen atoms in total. The van der Waals surface area contributed by atoms with E-state index in [-0.39, 0.29) is 12.2 Å². The molecule has 0 radical (unpaired) electrons. The Bertz CT molecular complexity index is 1090. The molecule has 1 aromatic carbocycles. The van der Waals surface area contributed by atoms with E-state index in [0.717, 1.165) is 17.5 Å².